The summed E-state index contributed by atoms with van der Waals surface area (Å²) in [7, 11) is 0. The zero-order valence-electron chi connectivity index (χ0n) is 17.4. The molecule has 1 aliphatic heterocycles. The minimum atomic E-state index is -0.969. The molecule has 0 saturated heterocycles. The van der Waals surface area contributed by atoms with Crippen LogP contribution in [0, 0.1) is 15.9 Å². The zero-order chi connectivity index (χ0) is 23.3. The smallest absolute Gasteiger partial charge is 0.295 e. The molecule has 4 aromatic rings. The number of carbonyl (C=O) groups excluding carboxylic acids is 1. The van der Waals surface area contributed by atoms with Gasteiger partial charge in [0.15, 0.2) is 5.43 Å². The van der Waals surface area contributed by atoms with Crippen molar-refractivity contribution in [2.45, 2.75) is 19.4 Å². The van der Waals surface area contributed by atoms with E-state index in [4.69, 9.17) is 4.42 Å². The van der Waals surface area contributed by atoms with Crippen LogP contribution < -0.4 is 10.3 Å². The number of aryl methyl sites for hydroxylation is 1. The minimum absolute atomic E-state index is 0.000150. The maximum absolute atomic E-state index is 13.9. The van der Waals surface area contributed by atoms with Gasteiger partial charge in [-0.25, -0.2) is 4.39 Å². The first-order valence-electron chi connectivity index (χ1n) is 10.3. The maximum atomic E-state index is 13.9. The van der Waals surface area contributed by atoms with Gasteiger partial charge in [-0.05, 0) is 47.9 Å². The van der Waals surface area contributed by atoms with Crippen molar-refractivity contribution in [2.24, 2.45) is 0 Å². The summed E-state index contributed by atoms with van der Waals surface area (Å²) in [6, 6.07) is 15.6. The Balaban J connectivity index is 1.80. The molecule has 1 atom stereocenters. The molecule has 7 nitrogen and oxygen atoms in total. The second-order valence-electron chi connectivity index (χ2n) is 7.76. The van der Waals surface area contributed by atoms with Gasteiger partial charge >= 0.3 is 0 Å². The standard InChI is InChI=1S/C25H17FN2O5/c1-2-14-6-9-17(10-7-14)27-22(15-4-3-5-18(12-15)28(31)32)21-23(29)19-13-16(26)8-11-20(19)33-24(21)25(27)30/h3-13,22H,2H2,1H3. The molecule has 1 amide bonds. The molecule has 0 fully saturated rings. The molecule has 3 aromatic carbocycles. The van der Waals surface area contributed by atoms with E-state index in [-0.39, 0.29) is 28.0 Å². The molecule has 1 aliphatic rings. The number of nitro groups is 1. The fourth-order valence-electron chi connectivity index (χ4n) is 4.23. The lowest BCUT2D eigenvalue weighted by Gasteiger charge is -2.25. The first kappa shape index (κ1) is 20.6. The quantitative estimate of drug-likeness (QED) is 0.320. The molecule has 0 radical (unpaired) electrons. The van der Waals surface area contributed by atoms with E-state index >= 15 is 0 Å². The highest BCUT2D eigenvalue weighted by molar-refractivity contribution is 6.10. The van der Waals surface area contributed by atoms with Crippen molar-refractivity contribution in [3.63, 3.8) is 0 Å². The fraction of sp³-hybridized carbons (Fsp3) is 0.120. The number of nitrogens with zero attached hydrogens (tertiary/aromatic N) is 2. The summed E-state index contributed by atoms with van der Waals surface area (Å²) >= 11 is 0. The van der Waals surface area contributed by atoms with Crippen molar-refractivity contribution in [2.75, 3.05) is 4.90 Å². The van der Waals surface area contributed by atoms with Crippen molar-refractivity contribution in [3.8, 4) is 0 Å². The van der Waals surface area contributed by atoms with Crippen LogP contribution in [0.25, 0.3) is 11.0 Å². The first-order valence-corrected chi connectivity index (χ1v) is 10.3. The van der Waals surface area contributed by atoms with Crippen LogP contribution in [0.3, 0.4) is 0 Å². The fourth-order valence-corrected chi connectivity index (χ4v) is 4.23. The number of rotatable bonds is 4. The normalized spacial score (nSPS) is 15.2. The maximum Gasteiger partial charge on any atom is 0.295 e. The largest absolute Gasteiger partial charge is 0.450 e. The summed E-state index contributed by atoms with van der Waals surface area (Å²) in [5.41, 5.74) is 1.33. The lowest BCUT2D eigenvalue weighted by Crippen LogP contribution is -2.29. The van der Waals surface area contributed by atoms with Crippen LogP contribution >= 0.6 is 0 Å². The summed E-state index contributed by atoms with van der Waals surface area (Å²) in [5, 5.41) is 11.4. The molecule has 0 saturated carbocycles. The number of hydrogen-bond acceptors (Lipinski definition) is 5. The topological polar surface area (TPSA) is 93.7 Å². The van der Waals surface area contributed by atoms with Gasteiger partial charge in [0.2, 0.25) is 5.76 Å². The molecule has 0 N–H and O–H groups in total. The van der Waals surface area contributed by atoms with E-state index < -0.39 is 28.1 Å². The number of benzene rings is 3. The third-order valence-corrected chi connectivity index (χ3v) is 5.85. The Morgan fingerprint density at radius 1 is 1.06 bits per heavy atom. The van der Waals surface area contributed by atoms with Gasteiger partial charge in [-0.3, -0.25) is 24.6 Å². The summed E-state index contributed by atoms with van der Waals surface area (Å²) in [5.74, 6) is -1.32. The summed E-state index contributed by atoms with van der Waals surface area (Å²) in [6.07, 6.45) is 0.805. The van der Waals surface area contributed by atoms with Crippen molar-refractivity contribution >= 4 is 28.3 Å². The monoisotopic (exact) mass is 444 g/mol. The second kappa shape index (κ2) is 7.67. The number of anilines is 1. The Bertz CT molecular complexity index is 1490. The van der Waals surface area contributed by atoms with E-state index in [2.05, 4.69) is 0 Å². The van der Waals surface area contributed by atoms with Crippen LogP contribution in [-0.2, 0) is 6.42 Å². The summed E-state index contributed by atoms with van der Waals surface area (Å²) in [6.45, 7) is 2.01. The van der Waals surface area contributed by atoms with Crippen molar-refractivity contribution < 1.29 is 18.5 Å². The van der Waals surface area contributed by atoms with Gasteiger partial charge in [-0.1, -0.05) is 31.2 Å². The van der Waals surface area contributed by atoms with Crippen LogP contribution in [0.2, 0.25) is 0 Å². The summed E-state index contributed by atoms with van der Waals surface area (Å²) in [4.78, 5) is 39.2. The van der Waals surface area contributed by atoms with Gasteiger partial charge in [0.05, 0.1) is 21.9 Å². The second-order valence-corrected chi connectivity index (χ2v) is 7.76. The Hall–Kier alpha value is -4.33. The zero-order valence-corrected chi connectivity index (χ0v) is 17.4. The minimum Gasteiger partial charge on any atom is -0.450 e. The Morgan fingerprint density at radius 3 is 2.52 bits per heavy atom. The SMILES string of the molecule is CCc1ccc(N2C(=O)c3oc4ccc(F)cc4c(=O)c3C2c2cccc([N+](=O)[O-])c2)cc1. The molecule has 33 heavy (non-hydrogen) atoms. The third-order valence-electron chi connectivity index (χ3n) is 5.85. The van der Waals surface area contributed by atoms with Gasteiger partial charge in [0.1, 0.15) is 11.4 Å². The van der Waals surface area contributed by atoms with E-state index in [1.807, 2.05) is 19.1 Å². The number of hydrogen-bond donors (Lipinski definition) is 0. The van der Waals surface area contributed by atoms with E-state index in [1.165, 1.54) is 29.2 Å². The lowest BCUT2D eigenvalue weighted by molar-refractivity contribution is -0.384. The summed E-state index contributed by atoms with van der Waals surface area (Å²) < 4.78 is 19.7. The molecule has 0 spiro atoms. The van der Waals surface area contributed by atoms with Gasteiger partial charge in [0.25, 0.3) is 11.6 Å². The van der Waals surface area contributed by atoms with Crippen LogP contribution in [0.15, 0.2) is 75.9 Å². The van der Waals surface area contributed by atoms with E-state index in [1.54, 1.807) is 18.2 Å². The van der Waals surface area contributed by atoms with Crippen molar-refractivity contribution in [3.05, 3.63) is 115 Å². The van der Waals surface area contributed by atoms with Gasteiger partial charge < -0.3 is 4.42 Å². The first-order chi connectivity index (χ1) is 15.9. The Morgan fingerprint density at radius 2 is 1.82 bits per heavy atom. The van der Waals surface area contributed by atoms with Gasteiger partial charge in [0, 0.05) is 17.8 Å². The molecule has 0 bridgehead atoms. The van der Waals surface area contributed by atoms with Crippen LogP contribution in [0.4, 0.5) is 15.8 Å². The molecule has 1 aromatic heterocycles. The molecule has 2 heterocycles. The van der Waals surface area contributed by atoms with Crippen LogP contribution in [-0.4, -0.2) is 10.8 Å². The molecular weight excluding hydrogens is 427 g/mol. The average molecular weight is 444 g/mol. The Labute approximate surface area is 186 Å². The van der Waals surface area contributed by atoms with Crippen molar-refractivity contribution in [1.29, 1.82) is 0 Å². The van der Waals surface area contributed by atoms with Crippen LogP contribution in [0.1, 0.15) is 40.2 Å². The Kier molecular flexibility index (Phi) is 4.78. The predicted octanol–water partition coefficient (Wildman–Crippen LogP) is 5.15. The highest BCUT2D eigenvalue weighted by Gasteiger charge is 2.44. The van der Waals surface area contributed by atoms with E-state index in [0.29, 0.717) is 11.3 Å². The van der Waals surface area contributed by atoms with Crippen molar-refractivity contribution in [1.82, 2.24) is 0 Å². The highest BCUT2D eigenvalue weighted by Crippen LogP contribution is 2.42. The molecule has 1 unspecified atom stereocenters. The number of halogens is 1. The third kappa shape index (κ3) is 3.27. The highest BCUT2D eigenvalue weighted by atomic mass is 19.1. The van der Waals surface area contributed by atoms with Gasteiger partial charge in [-0.15, -0.1) is 0 Å². The number of fused-ring (bicyclic) bond motifs is 2. The molecule has 5 rings (SSSR count). The van der Waals surface area contributed by atoms with Gasteiger partial charge in [-0.2, -0.15) is 0 Å². The van der Waals surface area contributed by atoms with Crippen LogP contribution in [0.5, 0.6) is 0 Å². The van der Waals surface area contributed by atoms with E-state index in [0.717, 1.165) is 24.1 Å². The molecule has 164 valence electrons. The number of amides is 1. The molecule has 8 heteroatoms. The number of non-ortho nitro benzene ring substituents is 1. The lowest BCUT2D eigenvalue weighted by atomic mass is 9.97. The number of carbonyl (C=O) groups is 1. The molecular formula is C25H17FN2O5. The number of nitro benzene ring substituents is 1. The predicted molar refractivity (Wildman–Crippen MR) is 120 cm³/mol. The molecule has 0 aliphatic carbocycles. The van der Waals surface area contributed by atoms with E-state index in [9.17, 15) is 24.1 Å². The average Bonchev–Trinajstić information content (AvgIpc) is 3.12.